The molecule has 24 heavy (non-hydrogen) atoms. The van der Waals surface area contributed by atoms with Gasteiger partial charge in [0.15, 0.2) is 0 Å². The normalized spacial score (nSPS) is 21.3. The Bertz CT molecular complexity index is 684. The summed E-state index contributed by atoms with van der Waals surface area (Å²) < 4.78 is 2.22. The SMILES string of the molecule is CCn1c(C)cc(/C=C2/SC(=O)N(CC3CCCCC3)C2=O)c1C. The number of carbonyl (C=O) groups is 2. The third-order valence-corrected chi connectivity index (χ3v) is 6.16. The fourth-order valence-corrected chi connectivity index (χ4v) is 4.73. The van der Waals surface area contributed by atoms with E-state index in [1.165, 1.54) is 29.9 Å². The van der Waals surface area contributed by atoms with Crippen LogP contribution in [0.15, 0.2) is 11.0 Å². The van der Waals surface area contributed by atoms with Crippen LogP contribution in [0.4, 0.5) is 4.79 Å². The second-order valence-electron chi connectivity index (χ2n) is 6.87. The standard InChI is InChI=1S/C19H26N2O2S/c1-4-20-13(2)10-16(14(20)3)11-17-18(22)21(19(23)24-17)12-15-8-6-5-7-9-15/h10-11,15H,4-9,12H2,1-3H3/b17-11+. The van der Waals surface area contributed by atoms with E-state index in [9.17, 15) is 9.59 Å². The molecule has 5 heteroatoms. The first-order valence-electron chi connectivity index (χ1n) is 8.93. The Morgan fingerprint density at radius 1 is 1.21 bits per heavy atom. The number of hydrogen-bond acceptors (Lipinski definition) is 3. The first-order valence-corrected chi connectivity index (χ1v) is 9.75. The maximum Gasteiger partial charge on any atom is 0.293 e. The molecule has 3 rings (SSSR count). The van der Waals surface area contributed by atoms with Gasteiger partial charge in [-0.3, -0.25) is 14.5 Å². The van der Waals surface area contributed by atoms with E-state index in [4.69, 9.17) is 0 Å². The molecule has 130 valence electrons. The molecule has 4 nitrogen and oxygen atoms in total. The van der Waals surface area contributed by atoms with Gasteiger partial charge in [0.1, 0.15) is 0 Å². The van der Waals surface area contributed by atoms with Crippen LogP contribution >= 0.6 is 11.8 Å². The Morgan fingerprint density at radius 2 is 1.92 bits per heavy atom. The van der Waals surface area contributed by atoms with Gasteiger partial charge >= 0.3 is 0 Å². The van der Waals surface area contributed by atoms with Crippen LogP contribution in [-0.2, 0) is 11.3 Å². The van der Waals surface area contributed by atoms with Crippen molar-refractivity contribution in [3.8, 4) is 0 Å². The van der Waals surface area contributed by atoms with Gasteiger partial charge in [-0.1, -0.05) is 19.3 Å². The maximum atomic E-state index is 12.7. The van der Waals surface area contributed by atoms with Gasteiger partial charge < -0.3 is 4.57 Å². The fraction of sp³-hybridized carbons (Fsp3) is 0.579. The molecule has 0 bridgehead atoms. The number of rotatable bonds is 4. The third-order valence-electron chi connectivity index (χ3n) is 5.25. The van der Waals surface area contributed by atoms with Gasteiger partial charge in [-0.2, -0.15) is 0 Å². The van der Waals surface area contributed by atoms with Gasteiger partial charge in [-0.15, -0.1) is 0 Å². The minimum atomic E-state index is -0.114. The first-order chi connectivity index (χ1) is 11.5. The van der Waals surface area contributed by atoms with Crippen molar-refractivity contribution in [1.82, 2.24) is 9.47 Å². The van der Waals surface area contributed by atoms with Crippen LogP contribution in [-0.4, -0.2) is 27.2 Å². The maximum absolute atomic E-state index is 12.7. The molecule has 0 atom stereocenters. The number of carbonyl (C=O) groups excluding carboxylic acids is 2. The van der Waals surface area contributed by atoms with Crippen molar-refractivity contribution in [2.45, 2.75) is 59.4 Å². The smallest absolute Gasteiger partial charge is 0.293 e. The molecule has 1 saturated carbocycles. The van der Waals surface area contributed by atoms with Crippen LogP contribution in [0.3, 0.4) is 0 Å². The zero-order valence-corrected chi connectivity index (χ0v) is 15.6. The average molecular weight is 346 g/mol. The zero-order chi connectivity index (χ0) is 17.3. The molecule has 2 aliphatic rings. The van der Waals surface area contributed by atoms with E-state index in [1.807, 2.05) is 6.08 Å². The molecule has 2 heterocycles. The summed E-state index contributed by atoms with van der Waals surface area (Å²) in [5.74, 6) is 0.369. The molecule has 0 radical (unpaired) electrons. The molecule has 2 fully saturated rings. The van der Waals surface area contributed by atoms with Gasteiger partial charge in [0.2, 0.25) is 0 Å². The highest BCUT2D eigenvalue weighted by Crippen LogP contribution is 2.35. The molecule has 2 amide bonds. The van der Waals surface area contributed by atoms with Crippen molar-refractivity contribution in [1.29, 1.82) is 0 Å². The summed E-state index contributed by atoms with van der Waals surface area (Å²) in [5, 5.41) is -0.110. The largest absolute Gasteiger partial charge is 0.349 e. The van der Waals surface area contributed by atoms with Gasteiger partial charge in [0, 0.05) is 24.5 Å². The first kappa shape index (κ1) is 17.3. The van der Waals surface area contributed by atoms with E-state index in [0.29, 0.717) is 17.4 Å². The number of imide groups is 1. The van der Waals surface area contributed by atoms with Crippen molar-refractivity contribution < 1.29 is 9.59 Å². The molecule has 1 saturated heterocycles. The van der Waals surface area contributed by atoms with E-state index in [0.717, 1.165) is 42.4 Å². The van der Waals surface area contributed by atoms with Crippen molar-refractivity contribution in [3.63, 3.8) is 0 Å². The van der Waals surface area contributed by atoms with Crippen molar-refractivity contribution in [2.75, 3.05) is 6.54 Å². The van der Waals surface area contributed by atoms with E-state index >= 15 is 0 Å². The highest BCUT2D eigenvalue weighted by atomic mass is 32.2. The fourth-order valence-electron chi connectivity index (χ4n) is 3.89. The number of nitrogens with zero attached hydrogens (tertiary/aromatic N) is 2. The van der Waals surface area contributed by atoms with Gasteiger partial charge in [-0.05, 0) is 69.0 Å². The molecule has 0 spiro atoms. The van der Waals surface area contributed by atoms with Crippen LogP contribution in [0.1, 0.15) is 56.0 Å². The number of aromatic nitrogens is 1. The van der Waals surface area contributed by atoms with Gasteiger partial charge in [0.05, 0.1) is 4.91 Å². The molecule has 1 aliphatic heterocycles. The monoisotopic (exact) mass is 346 g/mol. The summed E-state index contributed by atoms with van der Waals surface area (Å²) in [6, 6.07) is 2.09. The van der Waals surface area contributed by atoms with Crippen LogP contribution in [0.5, 0.6) is 0 Å². The Labute approximate surface area is 148 Å². The Hall–Kier alpha value is -1.49. The van der Waals surface area contributed by atoms with Crippen LogP contribution in [0, 0.1) is 19.8 Å². The number of amides is 2. The summed E-state index contributed by atoms with van der Waals surface area (Å²) in [5.41, 5.74) is 3.37. The third kappa shape index (κ3) is 3.32. The minimum absolute atomic E-state index is 0.110. The second kappa shape index (κ2) is 7.18. The Kier molecular flexibility index (Phi) is 5.18. The van der Waals surface area contributed by atoms with E-state index in [2.05, 4.69) is 31.4 Å². The van der Waals surface area contributed by atoms with Crippen molar-refractivity contribution in [2.24, 2.45) is 5.92 Å². The summed E-state index contributed by atoms with van der Waals surface area (Å²) in [6.45, 7) is 7.75. The predicted octanol–water partition coefficient (Wildman–Crippen LogP) is 4.74. The molecule has 1 aliphatic carbocycles. The highest BCUT2D eigenvalue weighted by Gasteiger charge is 2.36. The lowest BCUT2D eigenvalue weighted by atomic mass is 9.89. The molecule has 1 aromatic heterocycles. The van der Waals surface area contributed by atoms with Crippen LogP contribution in [0.2, 0.25) is 0 Å². The average Bonchev–Trinajstić information content (AvgIpc) is 2.99. The molecular weight excluding hydrogens is 320 g/mol. The Morgan fingerprint density at radius 3 is 2.54 bits per heavy atom. The van der Waals surface area contributed by atoms with Gasteiger partial charge in [0.25, 0.3) is 11.1 Å². The number of aryl methyl sites for hydroxylation is 1. The second-order valence-corrected chi connectivity index (χ2v) is 7.86. The van der Waals surface area contributed by atoms with E-state index in [1.54, 1.807) is 0 Å². The van der Waals surface area contributed by atoms with Crippen molar-refractivity contribution >= 4 is 29.0 Å². The quantitative estimate of drug-likeness (QED) is 0.739. The number of thioether (sulfide) groups is 1. The Balaban J connectivity index is 1.78. The summed E-state index contributed by atoms with van der Waals surface area (Å²) in [4.78, 5) is 27.0. The summed E-state index contributed by atoms with van der Waals surface area (Å²) in [7, 11) is 0. The molecule has 0 unspecified atom stereocenters. The highest BCUT2D eigenvalue weighted by molar-refractivity contribution is 8.18. The lowest BCUT2D eigenvalue weighted by Gasteiger charge is -2.25. The predicted molar refractivity (Wildman–Crippen MR) is 98.8 cm³/mol. The summed E-state index contributed by atoms with van der Waals surface area (Å²) in [6.07, 6.45) is 7.89. The molecule has 0 aromatic carbocycles. The summed E-state index contributed by atoms with van der Waals surface area (Å²) >= 11 is 1.09. The molecule has 0 N–H and O–H groups in total. The van der Waals surface area contributed by atoms with Crippen molar-refractivity contribution in [3.05, 3.63) is 27.9 Å². The van der Waals surface area contributed by atoms with E-state index < -0.39 is 0 Å². The van der Waals surface area contributed by atoms with Crippen LogP contribution in [0.25, 0.3) is 6.08 Å². The molecular formula is C19H26N2O2S. The lowest BCUT2D eigenvalue weighted by molar-refractivity contribution is -0.123. The zero-order valence-electron chi connectivity index (χ0n) is 14.8. The topological polar surface area (TPSA) is 42.3 Å². The molecule has 1 aromatic rings. The van der Waals surface area contributed by atoms with Crippen LogP contribution < -0.4 is 0 Å². The van der Waals surface area contributed by atoms with E-state index in [-0.39, 0.29) is 11.1 Å². The lowest BCUT2D eigenvalue weighted by Crippen LogP contribution is -2.34. The van der Waals surface area contributed by atoms with Gasteiger partial charge in [-0.25, -0.2) is 0 Å². The minimum Gasteiger partial charge on any atom is -0.349 e. The number of hydrogen-bond donors (Lipinski definition) is 0.